The average molecular weight is 261 g/mol. The van der Waals surface area contributed by atoms with Gasteiger partial charge in [-0.2, -0.15) is 10.2 Å². The third-order valence-electron chi connectivity index (χ3n) is 2.89. The summed E-state index contributed by atoms with van der Waals surface area (Å²) in [5.41, 5.74) is 3.89. The number of benzene rings is 2. The van der Waals surface area contributed by atoms with Crippen LogP contribution >= 0.6 is 0 Å². The first-order chi connectivity index (χ1) is 9.81. The van der Waals surface area contributed by atoms with Crippen LogP contribution in [0, 0.1) is 6.57 Å². The van der Waals surface area contributed by atoms with Crippen LogP contribution in [0.4, 0.5) is 5.69 Å². The highest BCUT2D eigenvalue weighted by Gasteiger charge is 1.90. The molecule has 0 aliphatic carbocycles. The monoisotopic (exact) mass is 261 g/mol. The van der Waals surface area contributed by atoms with E-state index in [1.807, 2.05) is 24.3 Å². The molecule has 0 aromatic heterocycles. The third kappa shape index (κ3) is 3.89. The third-order valence-corrected chi connectivity index (χ3v) is 2.89. The molecule has 0 N–H and O–H groups in total. The standard InChI is InChI=1S/C17H15N3/c1-3-14-4-6-15(7-5-14)12-19-20-13-16-8-10-17(18-2)11-9-16/h4-13H,3H2,1H3/b19-12-,20-13-. The van der Waals surface area contributed by atoms with Gasteiger partial charge in [0.2, 0.25) is 0 Å². The minimum absolute atomic E-state index is 0.627. The van der Waals surface area contributed by atoms with E-state index in [9.17, 15) is 0 Å². The smallest absolute Gasteiger partial charge is 0.187 e. The summed E-state index contributed by atoms with van der Waals surface area (Å²) in [6, 6.07) is 15.5. The van der Waals surface area contributed by atoms with E-state index in [1.165, 1.54) is 5.56 Å². The Labute approximate surface area is 119 Å². The summed E-state index contributed by atoms with van der Waals surface area (Å²) in [6.45, 7) is 9.01. The number of hydrogen-bond donors (Lipinski definition) is 0. The molecule has 0 saturated carbocycles. The summed E-state index contributed by atoms with van der Waals surface area (Å²) in [5, 5.41) is 8.02. The molecule has 2 aromatic carbocycles. The second-order valence-electron chi connectivity index (χ2n) is 4.29. The molecular formula is C17H15N3. The second kappa shape index (κ2) is 7.01. The molecule has 0 unspecified atom stereocenters. The number of aryl methyl sites for hydroxylation is 1. The Morgan fingerprint density at radius 3 is 1.85 bits per heavy atom. The summed E-state index contributed by atoms with van der Waals surface area (Å²) in [6.07, 6.45) is 4.43. The van der Waals surface area contributed by atoms with Crippen LogP contribution in [0.5, 0.6) is 0 Å². The van der Waals surface area contributed by atoms with Crippen molar-refractivity contribution in [3.05, 3.63) is 76.6 Å². The molecule has 0 aliphatic rings. The predicted molar refractivity (Wildman–Crippen MR) is 83.7 cm³/mol. The van der Waals surface area contributed by atoms with Crippen LogP contribution in [0.1, 0.15) is 23.6 Å². The Morgan fingerprint density at radius 2 is 1.40 bits per heavy atom. The molecule has 0 heterocycles. The van der Waals surface area contributed by atoms with Crippen molar-refractivity contribution in [2.75, 3.05) is 0 Å². The average Bonchev–Trinajstić information content (AvgIpc) is 2.53. The Kier molecular flexibility index (Phi) is 4.80. The molecule has 0 fully saturated rings. The number of nitrogens with zero attached hydrogens (tertiary/aromatic N) is 3. The molecule has 0 bridgehead atoms. The fourth-order valence-electron chi connectivity index (χ4n) is 1.67. The largest absolute Gasteiger partial charge is 0.238 e. The normalized spacial score (nSPS) is 11.0. The molecule has 2 aromatic rings. The molecule has 98 valence electrons. The van der Waals surface area contributed by atoms with Gasteiger partial charge in [-0.15, -0.1) is 0 Å². The molecule has 20 heavy (non-hydrogen) atoms. The molecule has 2 rings (SSSR count). The van der Waals surface area contributed by atoms with E-state index in [4.69, 9.17) is 6.57 Å². The van der Waals surface area contributed by atoms with E-state index < -0.39 is 0 Å². The SMILES string of the molecule is [C-]#[N+]c1ccc(/C=N\N=C/c2ccc(CC)cc2)cc1. The first kappa shape index (κ1) is 13.7. The van der Waals surface area contributed by atoms with Gasteiger partial charge in [0.15, 0.2) is 5.69 Å². The molecule has 0 amide bonds. The molecule has 0 spiro atoms. The lowest BCUT2D eigenvalue weighted by atomic mass is 10.1. The van der Waals surface area contributed by atoms with Crippen molar-refractivity contribution in [3.8, 4) is 0 Å². The van der Waals surface area contributed by atoms with Crippen molar-refractivity contribution in [2.24, 2.45) is 10.2 Å². The zero-order chi connectivity index (χ0) is 14.2. The first-order valence-electron chi connectivity index (χ1n) is 6.44. The van der Waals surface area contributed by atoms with Gasteiger partial charge in [0.1, 0.15) is 0 Å². The Bertz CT molecular complexity index is 644. The van der Waals surface area contributed by atoms with Crippen LogP contribution in [0.2, 0.25) is 0 Å². The van der Waals surface area contributed by atoms with Crippen molar-refractivity contribution < 1.29 is 0 Å². The van der Waals surface area contributed by atoms with E-state index in [0.717, 1.165) is 17.5 Å². The summed E-state index contributed by atoms with van der Waals surface area (Å²) in [5.74, 6) is 0. The van der Waals surface area contributed by atoms with Crippen molar-refractivity contribution in [1.82, 2.24) is 0 Å². The topological polar surface area (TPSA) is 29.1 Å². The van der Waals surface area contributed by atoms with Gasteiger partial charge < -0.3 is 0 Å². The van der Waals surface area contributed by atoms with Gasteiger partial charge in [-0.3, -0.25) is 0 Å². The first-order valence-corrected chi connectivity index (χ1v) is 6.44. The van der Waals surface area contributed by atoms with Crippen LogP contribution in [0.25, 0.3) is 4.85 Å². The fraction of sp³-hybridized carbons (Fsp3) is 0.118. The Balaban J connectivity index is 1.97. The van der Waals surface area contributed by atoms with Gasteiger partial charge in [-0.05, 0) is 23.1 Å². The highest BCUT2D eigenvalue weighted by molar-refractivity contribution is 5.83. The zero-order valence-electron chi connectivity index (χ0n) is 11.3. The van der Waals surface area contributed by atoms with E-state index >= 15 is 0 Å². The van der Waals surface area contributed by atoms with Crippen LogP contribution in [-0.4, -0.2) is 12.4 Å². The molecule has 0 atom stereocenters. The van der Waals surface area contributed by atoms with Gasteiger partial charge in [0.25, 0.3) is 0 Å². The minimum atomic E-state index is 0.627. The molecular weight excluding hydrogens is 246 g/mol. The summed E-state index contributed by atoms with van der Waals surface area (Å²) in [7, 11) is 0. The lowest BCUT2D eigenvalue weighted by Gasteiger charge is -1.95. The summed E-state index contributed by atoms with van der Waals surface area (Å²) < 4.78 is 0. The van der Waals surface area contributed by atoms with Gasteiger partial charge in [0.05, 0.1) is 19.0 Å². The minimum Gasteiger partial charge on any atom is -0.238 e. The van der Waals surface area contributed by atoms with Gasteiger partial charge in [0, 0.05) is 0 Å². The molecule has 0 radical (unpaired) electrons. The van der Waals surface area contributed by atoms with Crippen LogP contribution in [0.15, 0.2) is 58.7 Å². The Hall–Kier alpha value is -2.73. The predicted octanol–water partition coefficient (Wildman–Crippen LogP) is 4.25. The van der Waals surface area contributed by atoms with Crippen LogP contribution < -0.4 is 0 Å². The quantitative estimate of drug-likeness (QED) is 0.447. The van der Waals surface area contributed by atoms with Gasteiger partial charge in [-0.25, -0.2) is 4.85 Å². The summed E-state index contributed by atoms with van der Waals surface area (Å²) in [4.78, 5) is 3.34. The molecule has 3 nitrogen and oxygen atoms in total. The maximum absolute atomic E-state index is 6.87. The highest BCUT2D eigenvalue weighted by Crippen LogP contribution is 2.11. The van der Waals surface area contributed by atoms with E-state index in [0.29, 0.717) is 5.69 Å². The van der Waals surface area contributed by atoms with Gasteiger partial charge in [-0.1, -0.05) is 55.5 Å². The van der Waals surface area contributed by atoms with Gasteiger partial charge >= 0.3 is 0 Å². The van der Waals surface area contributed by atoms with E-state index in [-0.39, 0.29) is 0 Å². The number of hydrogen-bond acceptors (Lipinski definition) is 2. The molecule has 3 heteroatoms. The van der Waals surface area contributed by atoms with Crippen molar-refractivity contribution >= 4 is 18.1 Å². The second-order valence-corrected chi connectivity index (χ2v) is 4.29. The van der Waals surface area contributed by atoms with E-state index in [2.05, 4.69) is 34.1 Å². The fourth-order valence-corrected chi connectivity index (χ4v) is 1.67. The van der Waals surface area contributed by atoms with E-state index in [1.54, 1.807) is 24.6 Å². The molecule has 0 saturated heterocycles. The highest BCUT2D eigenvalue weighted by atomic mass is 15.2. The maximum Gasteiger partial charge on any atom is 0.187 e. The van der Waals surface area contributed by atoms with Crippen molar-refractivity contribution in [3.63, 3.8) is 0 Å². The zero-order valence-corrected chi connectivity index (χ0v) is 11.3. The molecule has 0 aliphatic heterocycles. The lowest BCUT2D eigenvalue weighted by Crippen LogP contribution is -1.83. The maximum atomic E-state index is 6.87. The number of rotatable bonds is 4. The van der Waals surface area contributed by atoms with Crippen LogP contribution in [0.3, 0.4) is 0 Å². The Morgan fingerprint density at radius 1 is 0.900 bits per heavy atom. The van der Waals surface area contributed by atoms with Crippen molar-refractivity contribution in [2.45, 2.75) is 13.3 Å². The summed E-state index contributed by atoms with van der Waals surface area (Å²) >= 11 is 0. The van der Waals surface area contributed by atoms with Crippen molar-refractivity contribution in [1.29, 1.82) is 0 Å². The van der Waals surface area contributed by atoms with Crippen LogP contribution in [-0.2, 0) is 6.42 Å². The lowest BCUT2D eigenvalue weighted by molar-refractivity contribution is 1.14.